The highest BCUT2D eigenvalue weighted by Gasteiger charge is 2.24. The van der Waals surface area contributed by atoms with Crippen LogP contribution in [0.3, 0.4) is 0 Å². The van der Waals surface area contributed by atoms with Crippen molar-refractivity contribution in [1.29, 1.82) is 0 Å². The average molecular weight is 256 g/mol. The van der Waals surface area contributed by atoms with Crippen molar-refractivity contribution in [1.82, 2.24) is 9.55 Å². The van der Waals surface area contributed by atoms with Crippen molar-refractivity contribution in [3.8, 4) is 5.69 Å². The molecule has 19 heavy (non-hydrogen) atoms. The highest BCUT2D eigenvalue weighted by molar-refractivity contribution is 5.45. The fourth-order valence-corrected chi connectivity index (χ4v) is 3.13. The molecule has 1 unspecified atom stereocenters. The largest absolute Gasteiger partial charge is 0.388 e. The van der Waals surface area contributed by atoms with Gasteiger partial charge >= 0.3 is 0 Å². The Morgan fingerprint density at radius 2 is 2.05 bits per heavy atom. The van der Waals surface area contributed by atoms with Crippen LogP contribution in [0.25, 0.3) is 5.69 Å². The second-order valence-corrected chi connectivity index (χ2v) is 5.49. The van der Waals surface area contributed by atoms with Crippen molar-refractivity contribution < 1.29 is 5.11 Å². The van der Waals surface area contributed by atoms with Gasteiger partial charge in [0.2, 0.25) is 0 Å². The fourth-order valence-electron chi connectivity index (χ4n) is 3.13. The third-order valence-electron chi connectivity index (χ3n) is 4.01. The van der Waals surface area contributed by atoms with Crippen LogP contribution in [-0.4, -0.2) is 14.7 Å². The van der Waals surface area contributed by atoms with E-state index in [0.717, 1.165) is 41.9 Å². The number of aliphatic hydroxyl groups excluding tert-OH is 1. The van der Waals surface area contributed by atoms with Crippen molar-refractivity contribution in [3.63, 3.8) is 0 Å². The van der Waals surface area contributed by atoms with Gasteiger partial charge in [0.1, 0.15) is 0 Å². The van der Waals surface area contributed by atoms with E-state index in [9.17, 15) is 5.11 Å². The molecule has 0 aliphatic heterocycles. The van der Waals surface area contributed by atoms with E-state index in [1.807, 2.05) is 19.9 Å². The number of aryl methyl sites for hydroxylation is 3. The maximum Gasteiger partial charge on any atom is 0.0807 e. The first kappa shape index (κ1) is 12.4. The van der Waals surface area contributed by atoms with E-state index in [0.29, 0.717) is 0 Å². The van der Waals surface area contributed by atoms with Gasteiger partial charge in [-0.2, -0.15) is 0 Å². The minimum absolute atomic E-state index is 0.303. The molecule has 0 radical (unpaired) electrons. The van der Waals surface area contributed by atoms with Crippen molar-refractivity contribution in [2.75, 3.05) is 0 Å². The molecule has 0 saturated carbocycles. The zero-order valence-corrected chi connectivity index (χ0v) is 11.8. The Morgan fingerprint density at radius 3 is 2.79 bits per heavy atom. The zero-order valence-electron chi connectivity index (χ0n) is 11.8. The van der Waals surface area contributed by atoms with Gasteiger partial charge in [0, 0.05) is 22.6 Å². The average Bonchev–Trinajstić information content (AvgIpc) is 2.68. The van der Waals surface area contributed by atoms with Gasteiger partial charge in [-0.3, -0.25) is 4.98 Å². The van der Waals surface area contributed by atoms with Gasteiger partial charge in [-0.05, 0) is 58.2 Å². The minimum atomic E-state index is -0.303. The number of aliphatic hydroxyl groups is 1. The maximum atomic E-state index is 10.1. The normalized spacial score (nSPS) is 18.4. The van der Waals surface area contributed by atoms with Gasteiger partial charge in [-0.1, -0.05) is 0 Å². The Bertz CT molecular complexity index is 628. The molecule has 100 valence electrons. The first-order valence-electron chi connectivity index (χ1n) is 6.91. The molecular weight excluding hydrogens is 236 g/mol. The van der Waals surface area contributed by atoms with Crippen molar-refractivity contribution >= 4 is 0 Å². The molecule has 0 saturated heterocycles. The molecule has 3 heteroatoms. The lowest BCUT2D eigenvalue weighted by Gasteiger charge is -2.21. The van der Waals surface area contributed by atoms with Gasteiger partial charge in [0.05, 0.1) is 17.5 Å². The Hall–Kier alpha value is -1.61. The van der Waals surface area contributed by atoms with E-state index in [4.69, 9.17) is 0 Å². The van der Waals surface area contributed by atoms with E-state index in [-0.39, 0.29) is 6.10 Å². The molecule has 1 N–H and O–H groups in total. The minimum Gasteiger partial charge on any atom is -0.388 e. The smallest absolute Gasteiger partial charge is 0.0807 e. The van der Waals surface area contributed by atoms with E-state index in [1.165, 1.54) is 11.4 Å². The summed E-state index contributed by atoms with van der Waals surface area (Å²) in [5.41, 5.74) is 6.76. The predicted molar refractivity (Wildman–Crippen MR) is 75.7 cm³/mol. The van der Waals surface area contributed by atoms with E-state index in [2.05, 4.69) is 28.6 Å². The summed E-state index contributed by atoms with van der Waals surface area (Å²) in [6.07, 6.45) is 2.66. The number of hydrogen-bond donors (Lipinski definition) is 1. The summed E-state index contributed by atoms with van der Waals surface area (Å²) in [6, 6.07) is 6.30. The standard InChI is InChI=1S/C16H20N2O/c1-10-7-8-14(12(3)17-10)18-11(2)9-13-15(18)5-4-6-16(13)19/h7-9,16,19H,4-6H2,1-3H3. The van der Waals surface area contributed by atoms with Crippen LogP contribution in [0.2, 0.25) is 0 Å². The van der Waals surface area contributed by atoms with Gasteiger partial charge in [-0.15, -0.1) is 0 Å². The molecule has 3 rings (SSSR count). The quantitative estimate of drug-likeness (QED) is 0.851. The number of fused-ring (bicyclic) bond motifs is 1. The number of rotatable bonds is 1. The lowest BCUT2D eigenvalue weighted by Crippen LogP contribution is -2.12. The molecule has 0 bridgehead atoms. The van der Waals surface area contributed by atoms with Gasteiger partial charge < -0.3 is 9.67 Å². The number of aromatic nitrogens is 2. The van der Waals surface area contributed by atoms with Crippen molar-refractivity contribution in [3.05, 3.63) is 46.5 Å². The second-order valence-electron chi connectivity index (χ2n) is 5.49. The van der Waals surface area contributed by atoms with Crippen molar-refractivity contribution in [2.45, 2.75) is 46.1 Å². The van der Waals surface area contributed by atoms with E-state index in [1.54, 1.807) is 0 Å². The maximum absolute atomic E-state index is 10.1. The summed E-state index contributed by atoms with van der Waals surface area (Å²) in [7, 11) is 0. The van der Waals surface area contributed by atoms with Crippen LogP contribution >= 0.6 is 0 Å². The summed E-state index contributed by atoms with van der Waals surface area (Å²) in [5.74, 6) is 0. The predicted octanol–water partition coefficient (Wildman–Crippen LogP) is 3.17. The van der Waals surface area contributed by atoms with Gasteiger partial charge in [-0.25, -0.2) is 0 Å². The summed E-state index contributed by atoms with van der Waals surface area (Å²) < 4.78 is 2.26. The van der Waals surface area contributed by atoms with Crippen LogP contribution in [0, 0.1) is 20.8 Å². The molecule has 1 aliphatic carbocycles. The number of hydrogen-bond acceptors (Lipinski definition) is 2. The lowest BCUT2D eigenvalue weighted by atomic mass is 9.95. The highest BCUT2D eigenvalue weighted by atomic mass is 16.3. The first-order valence-corrected chi connectivity index (χ1v) is 6.91. The molecule has 3 nitrogen and oxygen atoms in total. The molecular formula is C16H20N2O. The molecule has 2 aromatic rings. The van der Waals surface area contributed by atoms with Crippen LogP contribution < -0.4 is 0 Å². The Labute approximate surface area is 113 Å². The SMILES string of the molecule is Cc1ccc(-n2c(C)cc3c2CCCC3O)c(C)n1. The van der Waals surface area contributed by atoms with E-state index < -0.39 is 0 Å². The summed E-state index contributed by atoms with van der Waals surface area (Å²) in [5, 5.41) is 10.1. The third kappa shape index (κ3) is 1.98. The number of nitrogens with zero attached hydrogens (tertiary/aromatic N) is 2. The fraction of sp³-hybridized carbons (Fsp3) is 0.438. The van der Waals surface area contributed by atoms with Crippen LogP contribution in [0.4, 0.5) is 0 Å². The van der Waals surface area contributed by atoms with Crippen LogP contribution in [0.1, 0.15) is 47.3 Å². The van der Waals surface area contributed by atoms with E-state index >= 15 is 0 Å². The summed E-state index contributed by atoms with van der Waals surface area (Å²) in [4.78, 5) is 4.56. The van der Waals surface area contributed by atoms with Crippen LogP contribution in [-0.2, 0) is 6.42 Å². The van der Waals surface area contributed by atoms with Crippen molar-refractivity contribution in [2.24, 2.45) is 0 Å². The van der Waals surface area contributed by atoms with Crippen LogP contribution in [0.15, 0.2) is 18.2 Å². The summed E-state index contributed by atoms with van der Waals surface area (Å²) in [6.45, 7) is 6.16. The molecule has 0 fully saturated rings. The molecule has 0 spiro atoms. The zero-order chi connectivity index (χ0) is 13.6. The molecule has 1 atom stereocenters. The molecule has 0 aromatic carbocycles. The molecule has 2 aromatic heterocycles. The third-order valence-corrected chi connectivity index (χ3v) is 4.01. The monoisotopic (exact) mass is 256 g/mol. The van der Waals surface area contributed by atoms with Crippen LogP contribution in [0.5, 0.6) is 0 Å². The Kier molecular flexibility index (Phi) is 2.94. The highest BCUT2D eigenvalue weighted by Crippen LogP contribution is 2.34. The molecule has 0 amide bonds. The van der Waals surface area contributed by atoms with Gasteiger partial charge in [0.15, 0.2) is 0 Å². The summed E-state index contributed by atoms with van der Waals surface area (Å²) >= 11 is 0. The molecule has 1 aliphatic rings. The first-order chi connectivity index (χ1) is 9.08. The lowest BCUT2D eigenvalue weighted by molar-refractivity contribution is 0.156. The topological polar surface area (TPSA) is 38.0 Å². The Balaban J connectivity index is 2.20. The molecule has 2 heterocycles. The Morgan fingerprint density at radius 1 is 1.26 bits per heavy atom. The number of pyridine rings is 1. The second kappa shape index (κ2) is 4.49. The van der Waals surface area contributed by atoms with Gasteiger partial charge in [0.25, 0.3) is 0 Å².